The third kappa shape index (κ3) is 4.55. The molecule has 96 valence electrons. The molecular weight excluding hydrogens is 252 g/mol. The Hall–Kier alpha value is -1.88. The van der Waals surface area contributed by atoms with E-state index < -0.39 is 11.9 Å². The lowest BCUT2D eigenvalue weighted by Crippen LogP contribution is -2.09. The summed E-state index contributed by atoms with van der Waals surface area (Å²) in [7, 11) is 0. The van der Waals surface area contributed by atoms with E-state index in [0.29, 0.717) is 5.57 Å². The van der Waals surface area contributed by atoms with Crippen molar-refractivity contribution >= 4 is 29.4 Å². The molecule has 0 amide bonds. The van der Waals surface area contributed by atoms with Gasteiger partial charge in [0, 0.05) is 22.4 Å². The van der Waals surface area contributed by atoms with Gasteiger partial charge in [0.1, 0.15) is 0 Å². The number of thiophene rings is 1. The Morgan fingerprint density at radius 2 is 2.28 bits per heavy atom. The fraction of sp³-hybridized carbons (Fsp3) is 0.231. The second-order valence-electron chi connectivity index (χ2n) is 3.66. The van der Waals surface area contributed by atoms with E-state index >= 15 is 0 Å². The maximum absolute atomic E-state index is 11.1. The van der Waals surface area contributed by atoms with Gasteiger partial charge < -0.3 is 9.84 Å². The van der Waals surface area contributed by atoms with Crippen molar-refractivity contribution in [3.05, 3.63) is 40.1 Å². The van der Waals surface area contributed by atoms with Gasteiger partial charge in [-0.15, -0.1) is 11.3 Å². The highest BCUT2D eigenvalue weighted by Crippen LogP contribution is 2.15. The number of ether oxygens (including phenoxy) is 1. The SMILES string of the molecule is C=C(C)C(=O)OCCC(=Cc1cccs1)C(=O)O. The van der Waals surface area contributed by atoms with Gasteiger partial charge in [0.05, 0.1) is 6.61 Å². The number of hydrogen-bond donors (Lipinski definition) is 1. The van der Waals surface area contributed by atoms with E-state index in [1.54, 1.807) is 13.0 Å². The zero-order chi connectivity index (χ0) is 13.5. The predicted octanol–water partition coefficient (Wildman–Crippen LogP) is 2.73. The van der Waals surface area contributed by atoms with Gasteiger partial charge in [-0.2, -0.15) is 0 Å². The summed E-state index contributed by atoms with van der Waals surface area (Å²) in [5, 5.41) is 10.9. The van der Waals surface area contributed by atoms with Crippen LogP contribution in [0.2, 0.25) is 0 Å². The Labute approximate surface area is 109 Å². The first-order chi connectivity index (χ1) is 8.50. The van der Waals surface area contributed by atoms with Gasteiger partial charge in [0.25, 0.3) is 0 Å². The van der Waals surface area contributed by atoms with E-state index in [9.17, 15) is 9.59 Å². The summed E-state index contributed by atoms with van der Waals surface area (Å²) >= 11 is 1.45. The zero-order valence-corrected chi connectivity index (χ0v) is 10.8. The van der Waals surface area contributed by atoms with Crippen molar-refractivity contribution < 1.29 is 19.4 Å². The standard InChI is InChI=1S/C13H14O4S/c1-9(2)13(16)17-6-5-10(12(14)15)8-11-4-3-7-18-11/h3-4,7-8H,1,5-6H2,2H3,(H,14,15). The molecule has 0 saturated carbocycles. The van der Waals surface area contributed by atoms with Gasteiger partial charge in [-0.25, -0.2) is 9.59 Å². The van der Waals surface area contributed by atoms with Crippen molar-refractivity contribution in [1.82, 2.24) is 0 Å². The lowest BCUT2D eigenvalue weighted by Gasteiger charge is -2.04. The van der Waals surface area contributed by atoms with Crippen LogP contribution in [0.3, 0.4) is 0 Å². The fourth-order valence-electron chi connectivity index (χ4n) is 1.16. The second kappa shape index (κ2) is 6.76. The number of carboxylic acids is 1. The van der Waals surface area contributed by atoms with Crippen LogP contribution in [0.4, 0.5) is 0 Å². The van der Waals surface area contributed by atoms with Crippen molar-refractivity contribution in [3.8, 4) is 0 Å². The van der Waals surface area contributed by atoms with Gasteiger partial charge >= 0.3 is 11.9 Å². The van der Waals surface area contributed by atoms with Gasteiger partial charge in [-0.3, -0.25) is 0 Å². The molecule has 0 bridgehead atoms. The molecule has 0 radical (unpaired) electrons. The molecular formula is C13H14O4S. The lowest BCUT2D eigenvalue weighted by molar-refractivity contribution is -0.139. The minimum absolute atomic E-state index is 0.0369. The molecule has 1 N–H and O–H groups in total. The minimum Gasteiger partial charge on any atom is -0.478 e. The summed E-state index contributed by atoms with van der Waals surface area (Å²) in [5.41, 5.74) is 0.515. The fourth-order valence-corrected chi connectivity index (χ4v) is 1.84. The smallest absolute Gasteiger partial charge is 0.333 e. The van der Waals surface area contributed by atoms with Crippen LogP contribution in [0.25, 0.3) is 6.08 Å². The van der Waals surface area contributed by atoms with E-state index in [4.69, 9.17) is 9.84 Å². The number of esters is 1. The van der Waals surface area contributed by atoms with Crippen LogP contribution < -0.4 is 0 Å². The summed E-state index contributed by atoms with van der Waals surface area (Å²) in [6, 6.07) is 3.67. The lowest BCUT2D eigenvalue weighted by atomic mass is 10.2. The Bertz CT molecular complexity index is 471. The molecule has 0 aliphatic carbocycles. The van der Waals surface area contributed by atoms with Gasteiger partial charge in [-0.1, -0.05) is 12.6 Å². The predicted molar refractivity (Wildman–Crippen MR) is 70.3 cm³/mol. The van der Waals surface area contributed by atoms with Crippen molar-refractivity contribution in [1.29, 1.82) is 0 Å². The number of carbonyl (C=O) groups is 2. The molecule has 1 aromatic heterocycles. The van der Waals surface area contributed by atoms with Crippen molar-refractivity contribution in [2.75, 3.05) is 6.61 Å². The first-order valence-corrected chi connectivity index (χ1v) is 6.18. The average molecular weight is 266 g/mol. The van der Waals surface area contributed by atoms with Crippen LogP contribution in [0.5, 0.6) is 0 Å². The molecule has 0 spiro atoms. The molecule has 0 aliphatic heterocycles. The molecule has 5 heteroatoms. The van der Waals surface area contributed by atoms with E-state index in [-0.39, 0.29) is 18.6 Å². The molecule has 0 fully saturated rings. The first-order valence-electron chi connectivity index (χ1n) is 5.30. The third-order valence-corrected chi connectivity index (χ3v) is 2.91. The topological polar surface area (TPSA) is 63.6 Å². The highest BCUT2D eigenvalue weighted by atomic mass is 32.1. The largest absolute Gasteiger partial charge is 0.478 e. The zero-order valence-electron chi connectivity index (χ0n) is 10.0. The molecule has 0 atom stereocenters. The van der Waals surface area contributed by atoms with Crippen molar-refractivity contribution in [3.63, 3.8) is 0 Å². The van der Waals surface area contributed by atoms with Crippen LogP contribution >= 0.6 is 11.3 Å². The Morgan fingerprint density at radius 3 is 2.78 bits per heavy atom. The number of carboxylic acid groups (broad SMARTS) is 1. The first kappa shape index (κ1) is 14.2. The minimum atomic E-state index is -1.00. The summed E-state index contributed by atoms with van der Waals surface area (Å²) < 4.78 is 4.86. The van der Waals surface area contributed by atoms with E-state index in [2.05, 4.69) is 6.58 Å². The molecule has 4 nitrogen and oxygen atoms in total. The van der Waals surface area contributed by atoms with Gasteiger partial charge in [-0.05, 0) is 24.4 Å². The normalized spacial score (nSPS) is 11.1. The van der Waals surface area contributed by atoms with Crippen LogP contribution in [-0.4, -0.2) is 23.7 Å². The number of rotatable bonds is 6. The van der Waals surface area contributed by atoms with E-state index in [0.717, 1.165) is 4.88 Å². The Balaban J connectivity index is 2.58. The molecule has 0 aromatic carbocycles. The molecule has 1 aromatic rings. The quantitative estimate of drug-likeness (QED) is 0.635. The van der Waals surface area contributed by atoms with Gasteiger partial charge in [0.15, 0.2) is 0 Å². The monoisotopic (exact) mass is 266 g/mol. The van der Waals surface area contributed by atoms with Crippen molar-refractivity contribution in [2.45, 2.75) is 13.3 Å². The van der Waals surface area contributed by atoms with Crippen LogP contribution in [0, 0.1) is 0 Å². The molecule has 18 heavy (non-hydrogen) atoms. The van der Waals surface area contributed by atoms with Gasteiger partial charge in [0.2, 0.25) is 0 Å². The second-order valence-corrected chi connectivity index (χ2v) is 4.64. The molecule has 0 unspecified atom stereocenters. The van der Waals surface area contributed by atoms with E-state index in [1.807, 2.05) is 17.5 Å². The highest BCUT2D eigenvalue weighted by molar-refractivity contribution is 7.10. The number of hydrogen-bond acceptors (Lipinski definition) is 4. The molecule has 0 saturated heterocycles. The summed E-state index contributed by atoms with van der Waals surface area (Å²) in [5.74, 6) is -1.51. The molecule has 0 aliphatic rings. The van der Waals surface area contributed by atoms with Crippen molar-refractivity contribution in [2.24, 2.45) is 0 Å². The number of carbonyl (C=O) groups excluding carboxylic acids is 1. The van der Waals surface area contributed by atoms with Crippen LogP contribution in [-0.2, 0) is 14.3 Å². The van der Waals surface area contributed by atoms with Crippen LogP contribution in [0.1, 0.15) is 18.2 Å². The van der Waals surface area contributed by atoms with Crippen LogP contribution in [0.15, 0.2) is 35.2 Å². The molecule has 1 rings (SSSR count). The average Bonchev–Trinajstić information content (AvgIpc) is 2.79. The molecule has 1 heterocycles. The number of aliphatic carboxylic acids is 1. The third-order valence-electron chi connectivity index (χ3n) is 2.09. The highest BCUT2D eigenvalue weighted by Gasteiger charge is 2.10. The Kier molecular flexibility index (Phi) is 5.32. The summed E-state index contributed by atoms with van der Waals surface area (Å²) in [6.07, 6.45) is 1.76. The Morgan fingerprint density at radius 1 is 1.56 bits per heavy atom. The summed E-state index contributed by atoms with van der Waals surface area (Å²) in [6.45, 7) is 5.03. The van der Waals surface area contributed by atoms with E-state index in [1.165, 1.54) is 11.3 Å². The maximum atomic E-state index is 11.1. The summed E-state index contributed by atoms with van der Waals surface area (Å²) in [4.78, 5) is 23.0. The maximum Gasteiger partial charge on any atom is 0.333 e.